The zero-order valence-corrected chi connectivity index (χ0v) is 20.5. The van der Waals surface area contributed by atoms with E-state index in [0.717, 1.165) is 28.2 Å². The second kappa shape index (κ2) is 10.1. The van der Waals surface area contributed by atoms with E-state index in [1.807, 2.05) is 30.5 Å². The van der Waals surface area contributed by atoms with Crippen LogP contribution in [0, 0.1) is 5.82 Å². The van der Waals surface area contributed by atoms with Crippen LogP contribution in [0.3, 0.4) is 0 Å². The van der Waals surface area contributed by atoms with Gasteiger partial charge in [0.05, 0.1) is 0 Å². The van der Waals surface area contributed by atoms with Crippen LogP contribution in [0.1, 0.15) is 43.8 Å². The zero-order valence-electron chi connectivity index (χ0n) is 18.9. The number of hydrogen-bond donors (Lipinski definition) is 2. The molecule has 4 aromatic rings. The van der Waals surface area contributed by atoms with Gasteiger partial charge in [0.2, 0.25) is 5.89 Å². The molecular weight excluding hydrogens is 479 g/mol. The molecule has 2 heterocycles. The number of para-hydroxylation sites is 1. The summed E-state index contributed by atoms with van der Waals surface area (Å²) in [7, 11) is 0. The van der Waals surface area contributed by atoms with E-state index in [0.29, 0.717) is 17.0 Å². The Morgan fingerprint density at radius 1 is 1.24 bits per heavy atom. The van der Waals surface area contributed by atoms with Gasteiger partial charge < -0.3 is 19.5 Å². The molecule has 178 valence electrons. The summed E-state index contributed by atoms with van der Waals surface area (Å²) in [4.78, 5) is 15.8. The van der Waals surface area contributed by atoms with Crippen molar-refractivity contribution < 1.29 is 18.3 Å². The summed E-state index contributed by atoms with van der Waals surface area (Å²) in [5.41, 5.74) is 1.65. The maximum absolute atomic E-state index is 14.1. The lowest BCUT2D eigenvalue weighted by Gasteiger charge is -2.22. The summed E-state index contributed by atoms with van der Waals surface area (Å²) in [6, 6.07) is 11.8. The third kappa shape index (κ3) is 5.90. The molecule has 0 unspecified atom stereocenters. The molecule has 4 rings (SSSR count). The summed E-state index contributed by atoms with van der Waals surface area (Å²) in [6.07, 6.45) is 1.69. The third-order valence-corrected chi connectivity index (χ3v) is 6.11. The number of nitrogens with zero attached hydrogens (tertiary/aromatic N) is 2. The van der Waals surface area contributed by atoms with Crippen molar-refractivity contribution in [2.75, 3.05) is 0 Å². The molecule has 0 saturated carbocycles. The molecule has 0 aliphatic carbocycles. The van der Waals surface area contributed by atoms with Gasteiger partial charge in [-0.25, -0.2) is 9.18 Å². The van der Waals surface area contributed by atoms with E-state index in [4.69, 9.17) is 20.8 Å². The molecule has 0 spiro atoms. The molecular formula is C24H24ClFN4O3S. The Kier molecular flexibility index (Phi) is 7.13. The number of aromatic nitrogens is 3. The highest BCUT2D eigenvalue weighted by molar-refractivity contribution is 7.98. The molecule has 2 aromatic carbocycles. The monoisotopic (exact) mass is 502 g/mol. The highest BCUT2D eigenvalue weighted by Crippen LogP contribution is 2.30. The number of carbonyl (C=O) groups excluding carboxylic acids is 1. The Balaban J connectivity index is 1.55. The number of amides is 1. The number of aromatic amines is 1. The van der Waals surface area contributed by atoms with E-state index in [1.54, 1.807) is 32.9 Å². The van der Waals surface area contributed by atoms with Crippen LogP contribution in [0.5, 0.6) is 0 Å². The standard InChI is InChI=1S/C24H24ClFN4O3S/c1-24(2,3)33-22(31)28-20(11-14-12-27-19-10-5-4-7-15(14)19)21-29-30-23(32-21)34-13-16-17(25)8-6-9-18(16)26/h4-10,12,20,27H,11,13H2,1-3H3,(H,28,31)/t20-/m0/s1. The van der Waals surface area contributed by atoms with Crippen molar-refractivity contribution in [3.05, 3.63) is 76.5 Å². The fourth-order valence-corrected chi connectivity index (χ4v) is 4.51. The van der Waals surface area contributed by atoms with Gasteiger partial charge in [-0.3, -0.25) is 0 Å². The average Bonchev–Trinajstić information content (AvgIpc) is 3.39. The summed E-state index contributed by atoms with van der Waals surface area (Å²) < 4.78 is 25.3. The van der Waals surface area contributed by atoms with E-state index in [9.17, 15) is 9.18 Å². The molecule has 2 N–H and O–H groups in total. The summed E-state index contributed by atoms with van der Waals surface area (Å²) in [5.74, 6) is 0.0431. The van der Waals surface area contributed by atoms with Gasteiger partial charge in [-0.2, -0.15) is 0 Å². The summed E-state index contributed by atoms with van der Waals surface area (Å²) in [6.45, 7) is 5.36. The van der Waals surface area contributed by atoms with Gasteiger partial charge in [0, 0.05) is 39.9 Å². The number of ether oxygens (including phenoxy) is 1. The largest absolute Gasteiger partial charge is 0.444 e. The Labute approximate surface area is 205 Å². The predicted molar refractivity (Wildman–Crippen MR) is 129 cm³/mol. The average molecular weight is 503 g/mol. The van der Waals surface area contributed by atoms with Gasteiger partial charge in [0.1, 0.15) is 17.5 Å². The van der Waals surface area contributed by atoms with E-state index in [2.05, 4.69) is 20.5 Å². The van der Waals surface area contributed by atoms with Gasteiger partial charge in [-0.05, 0) is 44.5 Å². The molecule has 1 atom stereocenters. The first kappa shape index (κ1) is 24.1. The number of halogens is 2. The molecule has 1 amide bonds. The van der Waals surface area contributed by atoms with Crippen molar-refractivity contribution in [1.29, 1.82) is 0 Å². The van der Waals surface area contributed by atoms with Gasteiger partial charge in [0.25, 0.3) is 5.22 Å². The maximum Gasteiger partial charge on any atom is 0.408 e. The van der Waals surface area contributed by atoms with Crippen molar-refractivity contribution in [2.24, 2.45) is 0 Å². The molecule has 2 aromatic heterocycles. The lowest BCUT2D eigenvalue weighted by Crippen LogP contribution is -2.36. The molecule has 0 saturated heterocycles. The van der Waals surface area contributed by atoms with Crippen molar-refractivity contribution in [1.82, 2.24) is 20.5 Å². The number of alkyl carbamates (subject to hydrolysis) is 1. The van der Waals surface area contributed by atoms with Crippen LogP contribution in [0.25, 0.3) is 10.9 Å². The number of benzene rings is 2. The minimum atomic E-state index is -0.662. The number of fused-ring (bicyclic) bond motifs is 1. The van der Waals surface area contributed by atoms with Crippen LogP contribution >= 0.6 is 23.4 Å². The number of hydrogen-bond acceptors (Lipinski definition) is 6. The Hall–Kier alpha value is -3.04. The molecule has 10 heteroatoms. The molecule has 0 aliphatic rings. The second-order valence-corrected chi connectivity index (χ2v) is 9.99. The van der Waals surface area contributed by atoms with Crippen LogP contribution in [0.15, 0.2) is 58.3 Å². The maximum atomic E-state index is 14.1. The molecule has 7 nitrogen and oxygen atoms in total. The Bertz CT molecular complexity index is 1280. The molecule has 0 radical (unpaired) electrons. The highest BCUT2D eigenvalue weighted by Gasteiger charge is 2.26. The van der Waals surface area contributed by atoms with Crippen LogP contribution in [-0.4, -0.2) is 26.9 Å². The Morgan fingerprint density at radius 2 is 2.03 bits per heavy atom. The number of H-pyrrole nitrogens is 1. The van der Waals surface area contributed by atoms with Crippen molar-refractivity contribution in [3.63, 3.8) is 0 Å². The smallest absolute Gasteiger partial charge is 0.408 e. The van der Waals surface area contributed by atoms with Gasteiger partial charge in [0.15, 0.2) is 0 Å². The fourth-order valence-electron chi connectivity index (χ4n) is 3.39. The molecule has 34 heavy (non-hydrogen) atoms. The van der Waals surface area contributed by atoms with E-state index < -0.39 is 23.6 Å². The van der Waals surface area contributed by atoms with Crippen molar-refractivity contribution in [3.8, 4) is 0 Å². The van der Waals surface area contributed by atoms with Crippen molar-refractivity contribution >= 4 is 40.4 Å². The molecule has 0 fully saturated rings. The highest BCUT2D eigenvalue weighted by atomic mass is 35.5. The van der Waals surface area contributed by atoms with E-state index >= 15 is 0 Å². The number of nitrogens with one attached hydrogen (secondary N) is 2. The Morgan fingerprint density at radius 3 is 2.79 bits per heavy atom. The second-order valence-electron chi connectivity index (χ2n) is 8.66. The molecule has 0 aliphatic heterocycles. The third-order valence-electron chi connectivity index (χ3n) is 4.91. The fraction of sp³-hybridized carbons (Fsp3) is 0.292. The molecule has 0 bridgehead atoms. The van der Waals surface area contributed by atoms with Gasteiger partial charge in [-0.15, -0.1) is 10.2 Å². The first-order valence-electron chi connectivity index (χ1n) is 10.6. The minimum Gasteiger partial charge on any atom is -0.444 e. The van der Waals surface area contributed by atoms with E-state index in [-0.39, 0.29) is 16.9 Å². The van der Waals surface area contributed by atoms with Crippen LogP contribution in [-0.2, 0) is 16.9 Å². The van der Waals surface area contributed by atoms with Gasteiger partial charge >= 0.3 is 6.09 Å². The number of rotatable bonds is 7. The topological polar surface area (TPSA) is 93.0 Å². The van der Waals surface area contributed by atoms with Crippen molar-refractivity contribution in [2.45, 2.75) is 49.8 Å². The van der Waals surface area contributed by atoms with E-state index in [1.165, 1.54) is 6.07 Å². The first-order valence-corrected chi connectivity index (χ1v) is 12.0. The number of thioether (sulfide) groups is 1. The SMILES string of the molecule is CC(C)(C)OC(=O)N[C@@H](Cc1c[nH]c2ccccc12)c1nnc(SCc2c(F)cccc2Cl)o1. The quantitative estimate of drug-likeness (QED) is 0.282. The summed E-state index contributed by atoms with van der Waals surface area (Å²) in [5, 5.41) is 12.6. The van der Waals surface area contributed by atoms with Gasteiger partial charge in [-0.1, -0.05) is 47.6 Å². The predicted octanol–water partition coefficient (Wildman–Crippen LogP) is 6.44. The lowest BCUT2D eigenvalue weighted by atomic mass is 10.1. The van der Waals surface area contributed by atoms with Crippen LogP contribution < -0.4 is 5.32 Å². The zero-order chi connectivity index (χ0) is 24.3. The summed E-state index contributed by atoms with van der Waals surface area (Å²) >= 11 is 7.27. The van der Waals surface area contributed by atoms with Crippen LogP contribution in [0.2, 0.25) is 5.02 Å². The normalized spacial score (nSPS) is 12.6. The first-order chi connectivity index (χ1) is 16.2. The number of carbonyl (C=O) groups is 1. The van der Waals surface area contributed by atoms with Crippen LogP contribution in [0.4, 0.5) is 9.18 Å². The minimum absolute atomic E-state index is 0.221. The lowest BCUT2D eigenvalue weighted by molar-refractivity contribution is 0.0494.